The van der Waals surface area contributed by atoms with Crippen LogP contribution in [-0.4, -0.2) is 6.54 Å². The van der Waals surface area contributed by atoms with Crippen molar-refractivity contribution >= 4 is 0 Å². The number of rotatable bonds is 9. The smallest absolute Gasteiger partial charge is 0.0296 e. The molecule has 0 heterocycles. The van der Waals surface area contributed by atoms with Gasteiger partial charge in [0.15, 0.2) is 0 Å². The van der Waals surface area contributed by atoms with Gasteiger partial charge >= 0.3 is 0 Å². The van der Waals surface area contributed by atoms with Gasteiger partial charge in [-0.15, -0.1) is 0 Å². The fourth-order valence-electron chi connectivity index (χ4n) is 3.49. The van der Waals surface area contributed by atoms with Crippen LogP contribution in [0.4, 0.5) is 0 Å². The van der Waals surface area contributed by atoms with E-state index < -0.39 is 0 Å². The summed E-state index contributed by atoms with van der Waals surface area (Å²) < 4.78 is 0. The molecule has 2 fully saturated rings. The highest BCUT2D eigenvalue weighted by Crippen LogP contribution is 2.32. The molecule has 2 aliphatic rings. The van der Waals surface area contributed by atoms with Gasteiger partial charge in [-0.3, -0.25) is 0 Å². The van der Waals surface area contributed by atoms with Crippen LogP contribution in [0.15, 0.2) is 24.4 Å². The normalized spacial score (nSPS) is 21.4. The predicted molar refractivity (Wildman–Crippen MR) is 88.6 cm³/mol. The Morgan fingerprint density at radius 3 is 2.35 bits per heavy atom. The molecular weight excluding hydrogens is 242 g/mol. The van der Waals surface area contributed by atoms with E-state index in [0.717, 1.165) is 24.1 Å². The molecule has 114 valence electrons. The molecule has 0 aliphatic heterocycles. The topological polar surface area (TPSA) is 12.0 Å². The lowest BCUT2D eigenvalue weighted by Gasteiger charge is -2.25. The lowest BCUT2D eigenvalue weighted by molar-refractivity contribution is 0.315. The van der Waals surface area contributed by atoms with Gasteiger partial charge in [0.1, 0.15) is 0 Å². The van der Waals surface area contributed by atoms with E-state index in [4.69, 9.17) is 0 Å². The summed E-state index contributed by atoms with van der Waals surface area (Å²) in [6, 6.07) is 0. The molecule has 1 N–H and O–H groups in total. The van der Waals surface area contributed by atoms with Crippen LogP contribution in [0.2, 0.25) is 0 Å². The third-order valence-electron chi connectivity index (χ3n) is 5.32. The maximum atomic E-state index is 4.33. The minimum absolute atomic E-state index is 0.635. The molecule has 1 atom stereocenters. The summed E-state index contributed by atoms with van der Waals surface area (Å²) in [6.45, 7) is 11.9. The summed E-state index contributed by atoms with van der Waals surface area (Å²) in [5.74, 6) is 2.52. The Kier molecular flexibility index (Phi) is 6.19. The Labute approximate surface area is 125 Å². The van der Waals surface area contributed by atoms with E-state index in [1.807, 2.05) is 0 Å². The van der Waals surface area contributed by atoms with Crippen molar-refractivity contribution in [3.63, 3.8) is 0 Å². The Morgan fingerprint density at radius 1 is 1.05 bits per heavy atom. The quantitative estimate of drug-likeness (QED) is 0.552. The van der Waals surface area contributed by atoms with Gasteiger partial charge in [0.2, 0.25) is 0 Å². The second kappa shape index (κ2) is 7.90. The van der Waals surface area contributed by atoms with Crippen LogP contribution in [0.5, 0.6) is 0 Å². The summed E-state index contributed by atoms with van der Waals surface area (Å²) in [5.41, 5.74) is 2.37. The van der Waals surface area contributed by atoms with Crippen LogP contribution in [0.25, 0.3) is 0 Å². The molecule has 1 nitrogen and oxygen atoms in total. The van der Waals surface area contributed by atoms with Crippen LogP contribution in [-0.2, 0) is 0 Å². The molecule has 0 aromatic heterocycles. The first kappa shape index (κ1) is 15.7. The standard InChI is InChI=1S/C19H33N/c1-4-19(13-12-17-8-6-5-7-9-17)15(2)16(3)20-14-18-10-11-18/h17-20H,2-14H2,1H3. The molecule has 1 unspecified atom stereocenters. The highest BCUT2D eigenvalue weighted by molar-refractivity contribution is 5.26. The van der Waals surface area contributed by atoms with Crippen molar-refractivity contribution in [3.05, 3.63) is 24.4 Å². The van der Waals surface area contributed by atoms with Gasteiger partial charge in [0, 0.05) is 12.2 Å². The molecule has 1 heteroatoms. The zero-order valence-electron chi connectivity index (χ0n) is 13.4. The molecule has 0 amide bonds. The zero-order chi connectivity index (χ0) is 14.4. The van der Waals surface area contributed by atoms with Crippen molar-refractivity contribution < 1.29 is 0 Å². The largest absolute Gasteiger partial charge is 0.385 e. The number of hydrogen-bond acceptors (Lipinski definition) is 1. The second-order valence-corrected chi connectivity index (χ2v) is 7.01. The first-order chi connectivity index (χ1) is 9.70. The van der Waals surface area contributed by atoms with E-state index in [1.54, 1.807) is 0 Å². The van der Waals surface area contributed by atoms with Crippen molar-refractivity contribution in [1.29, 1.82) is 0 Å². The van der Waals surface area contributed by atoms with Gasteiger partial charge < -0.3 is 5.32 Å². The molecule has 0 spiro atoms. The van der Waals surface area contributed by atoms with Crippen molar-refractivity contribution in [2.75, 3.05) is 6.54 Å². The van der Waals surface area contributed by atoms with E-state index in [-0.39, 0.29) is 0 Å². The number of allylic oxidation sites excluding steroid dienone is 1. The minimum atomic E-state index is 0.635. The molecule has 0 saturated heterocycles. The van der Waals surface area contributed by atoms with Gasteiger partial charge in [0.25, 0.3) is 0 Å². The fraction of sp³-hybridized carbons (Fsp3) is 0.789. The molecule has 0 radical (unpaired) electrons. The molecule has 0 bridgehead atoms. The van der Waals surface area contributed by atoms with Crippen LogP contribution >= 0.6 is 0 Å². The molecule has 0 aromatic carbocycles. The van der Waals surface area contributed by atoms with Gasteiger partial charge in [-0.1, -0.05) is 52.2 Å². The van der Waals surface area contributed by atoms with Crippen LogP contribution in [0.3, 0.4) is 0 Å². The van der Waals surface area contributed by atoms with Crippen molar-refractivity contribution in [3.8, 4) is 0 Å². The maximum Gasteiger partial charge on any atom is 0.0296 e. The van der Waals surface area contributed by atoms with E-state index in [9.17, 15) is 0 Å². The molecular formula is C19H33N. The fourth-order valence-corrected chi connectivity index (χ4v) is 3.49. The van der Waals surface area contributed by atoms with E-state index in [2.05, 4.69) is 25.4 Å². The van der Waals surface area contributed by atoms with E-state index >= 15 is 0 Å². The predicted octanol–water partition coefficient (Wildman–Crippen LogP) is 5.44. The van der Waals surface area contributed by atoms with Crippen molar-refractivity contribution in [1.82, 2.24) is 5.32 Å². The third-order valence-corrected chi connectivity index (χ3v) is 5.32. The van der Waals surface area contributed by atoms with Gasteiger partial charge in [-0.25, -0.2) is 0 Å². The van der Waals surface area contributed by atoms with E-state index in [0.29, 0.717) is 5.92 Å². The number of hydrogen-bond donors (Lipinski definition) is 1. The molecule has 2 rings (SSSR count). The highest BCUT2D eigenvalue weighted by atomic mass is 14.9. The molecule has 0 aromatic rings. The molecule has 20 heavy (non-hydrogen) atoms. The van der Waals surface area contributed by atoms with E-state index in [1.165, 1.54) is 69.8 Å². The highest BCUT2D eigenvalue weighted by Gasteiger charge is 2.22. The first-order valence-corrected chi connectivity index (χ1v) is 8.82. The monoisotopic (exact) mass is 275 g/mol. The summed E-state index contributed by atoms with van der Waals surface area (Å²) in [4.78, 5) is 0. The van der Waals surface area contributed by atoms with Gasteiger partial charge in [0.05, 0.1) is 0 Å². The van der Waals surface area contributed by atoms with Crippen molar-refractivity contribution in [2.24, 2.45) is 17.8 Å². The zero-order valence-corrected chi connectivity index (χ0v) is 13.4. The SMILES string of the molecule is C=C(NCC1CC1)C(=C)C(CC)CCC1CCCCC1. The first-order valence-electron chi connectivity index (χ1n) is 8.82. The third kappa shape index (κ3) is 5.00. The van der Waals surface area contributed by atoms with Crippen LogP contribution in [0, 0.1) is 17.8 Å². The van der Waals surface area contributed by atoms with Crippen LogP contribution in [0.1, 0.15) is 71.1 Å². The minimum Gasteiger partial charge on any atom is -0.385 e. The van der Waals surface area contributed by atoms with Gasteiger partial charge in [-0.2, -0.15) is 0 Å². The Hall–Kier alpha value is -0.720. The Balaban J connectivity index is 1.70. The Bertz CT molecular complexity index is 321. The summed E-state index contributed by atoms with van der Waals surface area (Å²) in [7, 11) is 0. The van der Waals surface area contributed by atoms with Gasteiger partial charge in [-0.05, 0) is 55.4 Å². The second-order valence-electron chi connectivity index (χ2n) is 7.01. The van der Waals surface area contributed by atoms with Crippen LogP contribution < -0.4 is 5.32 Å². The van der Waals surface area contributed by atoms with Crippen molar-refractivity contribution in [2.45, 2.75) is 71.1 Å². The lowest BCUT2D eigenvalue weighted by Crippen LogP contribution is -2.20. The number of nitrogens with one attached hydrogen (secondary N) is 1. The molecule has 2 aliphatic carbocycles. The molecule has 2 saturated carbocycles. The maximum absolute atomic E-state index is 4.33. The Morgan fingerprint density at radius 2 is 1.75 bits per heavy atom. The summed E-state index contributed by atoms with van der Waals surface area (Å²) in [5, 5.41) is 3.50. The lowest BCUT2D eigenvalue weighted by atomic mass is 9.82. The average Bonchev–Trinajstić information content (AvgIpc) is 3.30. The summed E-state index contributed by atoms with van der Waals surface area (Å²) >= 11 is 0. The average molecular weight is 275 g/mol. The summed E-state index contributed by atoms with van der Waals surface area (Å²) in [6.07, 6.45) is 14.0.